The zero-order valence-electron chi connectivity index (χ0n) is 16.2. The zero-order valence-corrected chi connectivity index (χ0v) is 20.1. The van der Waals surface area contributed by atoms with E-state index in [1.165, 1.54) is 20.4 Å². The van der Waals surface area contributed by atoms with Crippen molar-refractivity contribution < 1.29 is 28.2 Å². The summed E-state index contributed by atoms with van der Waals surface area (Å²) < 4.78 is 22.3. The molecule has 0 aliphatic heterocycles. The number of furan rings is 1. The number of hydrogen-bond donors (Lipinski definition) is 1. The van der Waals surface area contributed by atoms with Gasteiger partial charge in [0.1, 0.15) is 5.58 Å². The second-order valence-corrected chi connectivity index (χ2v) is 8.19. The number of methoxy groups -OCH3 is 2. The van der Waals surface area contributed by atoms with Gasteiger partial charge in [0.15, 0.2) is 23.9 Å². The lowest BCUT2D eigenvalue weighted by molar-refractivity contribution is -0.142. The first-order chi connectivity index (χ1) is 14.8. The van der Waals surface area contributed by atoms with Gasteiger partial charge in [-0.05, 0) is 51.8 Å². The number of fused-ring (bicyclic) bond motifs is 1. The monoisotopic (exact) mass is 572 g/mol. The van der Waals surface area contributed by atoms with Gasteiger partial charge >= 0.3 is 11.9 Å². The van der Waals surface area contributed by atoms with E-state index in [-0.39, 0.29) is 28.9 Å². The van der Waals surface area contributed by atoms with Crippen LogP contribution in [-0.2, 0) is 9.53 Å². The maximum Gasteiger partial charge on any atom is 0.343 e. The molecule has 1 amide bonds. The number of esters is 1. The van der Waals surface area contributed by atoms with Gasteiger partial charge in [-0.3, -0.25) is 4.79 Å². The number of nitrogens with one attached hydrogen (secondary N) is 1. The van der Waals surface area contributed by atoms with Gasteiger partial charge in [0, 0.05) is 9.86 Å². The maximum absolute atomic E-state index is 12.4. The van der Waals surface area contributed by atoms with E-state index in [2.05, 4.69) is 47.1 Å². The van der Waals surface area contributed by atoms with Gasteiger partial charge < -0.3 is 18.6 Å². The molecule has 0 saturated carbocycles. The topological polar surface area (TPSA) is 99.4 Å². The van der Waals surface area contributed by atoms with Crippen molar-refractivity contribution in [1.82, 2.24) is 5.43 Å². The molecule has 1 aromatic heterocycles. The molecule has 8 nitrogen and oxygen atoms in total. The number of hydrogen-bond acceptors (Lipinski definition) is 7. The van der Waals surface area contributed by atoms with Crippen LogP contribution < -0.4 is 14.9 Å². The summed E-state index contributed by atoms with van der Waals surface area (Å²) >= 11 is 13.0. The summed E-state index contributed by atoms with van der Waals surface area (Å²) in [4.78, 5) is 23.6. The molecule has 0 atom stereocenters. The fourth-order valence-corrected chi connectivity index (χ4v) is 4.17. The Hall–Kier alpha value is -2.56. The third-order valence-electron chi connectivity index (χ3n) is 3.95. The number of rotatable bonds is 7. The van der Waals surface area contributed by atoms with E-state index < -0.39 is 11.9 Å². The molecule has 31 heavy (non-hydrogen) atoms. The van der Waals surface area contributed by atoms with Crippen LogP contribution in [0.25, 0.3) is 11.0 Å². The number of carbonyl (C=O) groups is 2. The smallest absolute Gasteiger partial charge is 0.343 e. The molecule has 1 heterocycles. The highest BCUT2D eigenvalue weighted by Gasteiger charge is 2.15. The molecule has 11 heteroatoms. The van der Waals surface area contributed by atoms with E-state index in [0.29, 0.717) is 11.1 Å². The average Bonchev–Trinajstić information content (AvgIpc) is 3.16. The van der Waals surface area contributed by atoms with Gasteiger partial charge in [-0.2, -0.15) is 5.10 Å². The van der Waals surface area contributed by atoms with E-state index in [9.17, 15) is 9.59 Å². The Kier molecular flexibility index (Phi) is 7.58. The Labute approximate surface area is 198 Å². The average molecular weight is 575 g/mol. The normalized spacial score (nSPS) is 11.0. The van der Waals surface area contributed by atoms with Crippen LogP contribution in [0.4, 0.5) is 0 Å². The molecule has 0 fully saturated rings. The molecular weight excluding hydrogens is 559 g/mol. The first-order valence-electron chi connectivity index (χ1n) is 8.61. The lowest BCUT2D eigenvalue weighted by Gasteiger charge is -2.12. The number of hydrazone groups is 1. The summed E-state index contributed by atoms with van der Waals surface area (Å²) in [6, 6.07) is 8.40. The van der Waals surface area contributed by atoms with E-state index in [1.807, 2.05) is 12.1 Å². The van der Waals surface area contributed by atoms with Crippen molar-refractivity contribution in [3.63, 3.8) is 0 Å². The number of amides is 1. The predicted molar refractivity (Wildman–Crippen MR) is 122 cm³/mol. The number of ether oxygens (including phenoxy) is 3. The summed E-state index contributed by atoms with van der Waals surface area (Å²) in [5.74, 6) is -0.497. The molecule has 0 bridgehead atoms. The summed E-state index contributed by atoms with van der Waals surface area (Å²) in [6.45, 7) is -0.319. The predicted octanol–water partition coefficient (Wildman–Crippen LogP) is 4.94. The lowest BCUT2D eigenvalue weighted by atomic mass is 10.2. The highest BCUT2D eigenvalue weighted by atomic mass is 79.9. The third-order valence-corrected chi connectivity index (χ3v) is 5.28. The SMILES string of the molecule is COC(=O)COc1c(Cl)cc(/C=N\NC(=O)c2cc3cc(Br)cc(Br)c3o2)cc1OC. The first kappa shape index (κ1) is 23.1. The number of benzene rings is 2. The summed E-state index contributed by atoms with van der Waals surface area (Å²) in [5, 5.41) is 4.88. The Bertz CT molecular complexity index is 1180. The molecule has 0 aliphatic rings. The Morgan fingerprint density at radius 1 is 1.19 bits per heavy atom. The summed E-state index contributed by atoms with van der Waals surface area (Å²) in [5.41, 5.74) is 3.48. The van der Waals surface area contributed by atoms with Crippen LogP contribution in [0.5, 0.6) is 11.5 Å². The van der Waals surface area contributed by atoms with Crippen LogP contribution in [0.3, 0.4) is 0 Å². The molecular formula is C20H15Br2ClN2O6. The lowest BCUT2D eigenvalue weighted by Crippen LogP contribution is -2.16. The Morgan fingerprint density at radius 2 is 1.97 bits per heavy atom. The largest absolute Gasteiger partial charge is 0.493 e. The molecule has 0 saturated heterocycles. The number of halogens is 3. The van der Waals surface area contributed by atoms with Gasteiger partial charge in [0.05, 0.1) is 29.9 Å². The van der Waals surface area contributed by atoms with Crippen molar-refractivity contribution in [2.75, 3.05) is 20.8 Å². The van der Waals surface area contributed by atoms with E-state index in [0.717, 1.165) is 14.3 Å². The minimum absolute atomic E-state index is 0.105. The second-order valence-electron chi connectivity index (χ2n) is 6.01. The van der Waals surface area contributed by atoms with Crippen LogP contribution in [0, 0.1) is 0 Å². The second kappa shape index (κ2) is 10.2. The fraction of sp³-hybridized carbons (Fsp3) is 0.150. The zero-order chi connectivity index (χ0) is 22.5. The van der Waals surface area contributed by atoms with Crippen LogP contribution in [0.15, 0.2) is 48.8 Å². The maximum atomic E-state index is 12.4. The molecule has 2 aromatic carbocycles. The van der Waals surface area contributed by atoms with Crippen LogP contribution in [-0.4, -0.2) is 38.9 Å². The van der Waals surface area contributed by atoms with Crippen molar-refractivity contribution in [2.24, 2.45) is 5.10 Å². The Balaban J connectivity index is 1.73. The van der Waals surface area contributed by atoms with Gasteiger partial charge in [0.2, 0.25) is 0 Å². The van der Waals surface area contributed by atoms with Crippen molar-refractivity contribution in [3.05, 3.63) is 55.6 Å². The fourth-order valence-electron chi connectivity index (χ4n) is 2.55. The molecule has 162 valence electrons. The van der Waals surface area contributed by atoms with Crippen molar-refractivity contribution in [3.8, 4) is 11.5 Å². The highest BCUT2D eigenvalue weighted by Crippen LogP contribution is 2.36. The van der Waals surface area contributed by atoms with Gasteiger partial charge in [-0.25, -0.2) is 10.2 Å². The van der Waals surface area contributed by atoms with Gasteiger partial charge in [0.25, 0.3) is 0 Å². The summed E-state index contributed by atoms with van der Waals surface area (Å²) in [7, 11) is 2.68. The molecule has 0 aliphatic carbocycles. The van der Waals surface area contributed by atoms with Crippen molar-refractivity contribution in [2.45, 2.75) is 0 Å². The van der Waals surface area contributed by atoms with Crippen LogP contribution in [0.2, 0.25) is 5.02 Å². The van der Waals surface area contributed by atoms with Crippen LogP contribution >= 0.6 is 43.5 Å². The van der Waals surface area contributed by atoms with E-state index in [4.69, 9.17) is 25.5 Å². The van der Waals surface area contributed by atoms with Gasteiger partial charge in [-0.1, -0.05) is 27.5 Å². The quantitative estimate of drug-likeness (QED) is 0.244. The molecule has 3 aromatic rings. The highest BCUT2D eigenvalue weighted by molar-refractivity contribution is 9.11. The van der Waals surface area contributed by atoms with Crippen molar-refractivity contribution >= 4 is 72.5 Å². The molecule has 0 radical (unpaired) electrons. The first-order valence-corrected chi connectivity index (χ1v) is 10.6. The van der Waals surface area contributed by atoms with Gasteiger partial charge in [-0.15, -0.1) is 0 Å². The van der Waals surface area contributed by atoms with E-state index in [1.54, 1.807) is 18.2 Å². The molecule has 1 N–H and O–H groups in total. The minimum atomic E-state index is -0.559. The molecule has 0 unspecified atom stereocenters. The Morgan fingerprint density at radius 3 is 2.68 bits per heavy atom. The molecule has 3 rings (SSSR count). The third kappa shape index (κ3) is 5.57. The summed E-state index contributed by atoms with van der Waals surface area (Å²) in [6.07, 6.45) is 1.38. The minimum Gasteiger partial charge on any atom is -0.493 e. The van der Waals surface area contributed by atoms with Crippen LogP contribution in [0.1, 0.15) is 16.1 Å². The number of carbonyl (C=O) groups excluding carboxylic acids is 2. The molecule has 0 spiro atoms. The standard InChI is InChI=1S/C20H15Br2ClN2O6/c1-28-15-4-10(3-14(23)19(15)30-9-17(26)29-2)8-24-25-20(27)16-6-11-5-12(21)7-13(22)18(11)31-16/h3-8H,9H2,1-2H3,(H,25,27)/b24-8-. The van der Waals surface area contributed by atoms with E-state index >= 15 is 0 Å². The van der Waals surface area contributed by atoms with Crippen molar-refractivity contribution in [1.29, 1.82) is 0 Å². The number of nitrogens with zero attached hydrogens (tertiary/aromatic N) is 1.